The molecular formula is C20H35IN4O3S. The van der Waals surface area contributed by atoms with Gasteiger partial charge in [-0.15, -0.1) is 24.0 Å². The minimum atomic E-state index is -3.39. The maximum Gasteiger partial charge on any atom is 0.242 e. The highest BCUT2D eigenvalue weighted by Gasteiger charge is 2.16. The summed E-state index contributed by atoms with van der Waals surface area (Å²) >= 11 is 0. The predicted molar refractivity (Wildman–Crippen MR) is 128 cm³/mol. The van der Waals surface area contributed by atoms with Crippen LogP contribution in [0.4, 0.5) is 0 Å². The molecule has 166 valence electrons. The lowest BCUT2D eigenvalue weighted by molar-refractivity contribution is 0.0468. The number of nitrogens with one attached hydrogen (secondary N) is 2. The Kier molecular flexibility index (Phi) is 12.1. The minimum absolute atomic E-state index is 0. The van der Waals surface area contributed by atoms with Gasteiger partial charge in [0.1, 0.15) is 0 Å². The quantitative estimate of drug-likeness (QED) is 0.175. The molecule has 9 heteroatoms. The highest BCUT2D eigenvalue weighted by Crippen LogP contribution is 2.19. The molecule has 0 atom stereocenters. The summed E-state index contributed by atoms with van der Waals surface area (Å²) in [5.74, 6) is 0.703. The van der Waals surface area contributed by atoms with E-state index < -0.39 is 10.0 Å². The maximum atomic E-state index is 12.1. The molecule has 1 aromatic carbocycles. The van der Waals surface area contributed by atoms with Gasteiger partial charge in [0.05, 0.1) is 17.6 Å². The van der Waals surface area contributed by atoms with E-state index in [1.165, 1.54) is 56.9 Å². The number of hydrogen-bond donors (Lipinski definition) is 2. The van der Waals surface area contributed by atoms with Crippen LogP contribution >= 0.6 is 24.0 Å². The molecule has 7 nitrogen and oxygen atoms in total. The van der Waals surface area contributed by atoms with Crippen LogP contribution in [0.3, 0.4) is 0 Å². The Morgan fingerprint density at radius 2 is 1.72 bits per heavy atom. The first-order valence-electron chi connectivity index (χ1n) is 10.0. The summed E-state index contributed by atoms with van der Waals surface area (Å²) in [7, 11) is 1.39. The Bertz CT molecular complexity index is 716. The molecule has 1 saturated carbocycles. The second-order valence-electron chi connectivity index (χ2n) is 7.27. The average molecular weight is 538 g/mol. The first-order valence-corrected chi connectivity index (χ1v) is 11.4. The van der Waals surface area contributed by atoms with Gasteiger partial charge in [-0.05, 0) is 30.5 Å². The van der Waals surface area contributed by atoms with Gasteiger partial charge in [0.15, 0.2) is 5.96 Å². The van der Waals surface area contributed by atoms with E-state index in [4.69, 9.17) is 4.74 Å². The standard InChI is InChI=1S/C20H34N4O3S.HI/c1-21-20(22-14-15-27-18-8-6-4-5-7-9-18)23-16-17-10-12-19(13-11-17)28(25,26)24(2)3;/h10-13,18H,4-9,14-16H2,1-3H3,(H2,21,22,23);1H. The van der Waals surface area contributed by atoms with Crippen molar-refractivity contribution in [3.05, 3.63) is 29.8 Å². The summed E-state index contributed by atoms with van der Waals surface area (Å²) in [5.41, 5.74) is 0.982. The predicted octanol–water partition coefficient (Wildman–Crippen LogP) is 2.96. The van der Waals surface area contributed by atoms with Crippen LogP contribution < -0.4 is 10.6 Å². The Hall–Kier alpha value is -0.910. The molecule has 2 N–H and O–H groups in total. The molecule has 0 aliphatic heterocycles. The molecule has 0 heterocycles. The van der Waals surface area contributed by atoms with Gasteiger partial charge in [-0.25, -0.2) is 12.7 Å². The van der Waals surface area contributed by atoms with Crippen LogP contribution in [-0.4, -0.2) is 59.1 Å². The molecule has 29 heavy (non-hydrogen) atoms. The third-order valence-corrected chi connectivity index (χ3v) is 6.77. The molecule has 0 spiro atoms. The van der Waals surface area contributed by atoms with Crippen LogP contribution in [0.2, 0.25) is 0 Å². The summed E-state index contributed by atoms with van der Waals surface area (Å²) in [6.07, 6.45) is 7.95. The van der Waals surface area contributed by atoms with E-state index in [1.54, 1.807) is 19.2 Å². The molecule has 0 bridgehead atoms. The first kappa shape index (κ1) is 26.1. The molecule has 1 aliphatic rings. The van der Waals surface area contributed by atoms with Crippen molar-refractivity contribution in [3.63, 3.8) is 0 Å². The molecule has 2 rings (SSSR count). The monoisotopic (exact) mass is 538 g/mol. The normalized spacial score (nSPS) is 16.2. The van der Waals surface area contributed by atoms with Gasteiger partial charge in [-0.1, -0.05) is 37.8 Å². The van der Waals surface area contributed by atoms with E-state index in [1.807, 2.05) is 12.1 Å². The molecule has 1 fully saturated rings. The highest BCUT2D eigenvalue weighted by atomic mass is 127. The average Bonchev–Trinajstić information content (AvgIpc) is 2.96. The number of ether oxygens (including phenoxy) is 1. The van der Waals surface area contributed by atoms with Crippen LogP contribution in [-0.2, 0) is 21.3 Å². The van der Waals surface area contributed by atoms with E-state index in [0.29, 0.717) is 36.7 Å². The van der Waals surface area contributed by atoms with Gasteiger partial charge >= 0.3 is 0 Å². The second kappa shape index (κ2) is 13.4. The summed E-state index contributed by atoms with van der Waals surface area (Å²) < 4.78 is 31.4. The Morgan fingerprint density at radius 3 is 2.28 bits per heavy atom. The molecule has 0 amide bonds. The van der Waals surface area contributed by atoms with Gasteiger partial charge in [0.2, 0.25) is 10.0 Å². The zero-order chi connectivity index (χ0) is 20.4. The minimum Gasteiger partial charge on any atom is -0.376 e. The van der Waals surface area contributed by atoms with Crippen molar-refractivity contribution in [1.29, 1.82) is 0 Å². The molecule has 0 aromatic heterocycles. The molecule has 1 aliphatic carbocycles. The van der Waals surface area contributed by atoms with Crippen LogP contribution in [0.25, 0.3) is 0 Å². The fourth-order valence-corrected chi connectivity index (χ4v) is 4.10. The van der Waals surface area contributed by atoms with Gasteiger partial charge in [0.25, 0.3) is 0 Å². The highest BCUT2D eigenvalue weighted by molar-refractivity contribution is 14.0. The number of halogens is 1. The van der Waals surface area contributed by atoms with Gasteiger partial charge < -0.3 is 15.4 Å². The lowest BCUT2D eigenvalue weighted by Gasteiger charge is -2.17. The summed E-state index contributed by atoms with van der Waals surface area (Å²) in [4.78, 5) is 4.51. The van der Waals surface area contributed by atoms with Crippen molar-refractivity contribution in [2.45, 2.75) is 56.1 Å². The zero-order valence-corrected chi connectivity index (χ0v) is 20.8. The number of aliphatic imine (C=N–C) groups is 1. The smallest absolute Gasteiger partial charge is 0.242 e. The fourth-order valence-electron chi connectivity index (χ4n) is 3.20. The van der Waals surface area contributed by atoms with E-state index in [0.717, 1.165) is 5.56 Å². The van der Waals surface area contributed by atoms with Crippen molar-refractivity contribution in [3.8, 4) is 0 Å². The summed E-state index contributed by atoms with van der Waals surface area (Å²) in [6.45, 7) is 1.93. The van der Waals surface area contributed by atoms with Gasteiger partial charge in [-0.2, -0.15) is 0 Å². The summed E-state index contributed by atoms with van der Waals surface area (Å²) in [5, 5.41) is 6.50. The van der Waals surface area contributed by atoms with E-state index in [9.17, 15) is 8.42 Å². The number of benzene rings is 1. The molecule has 0 unspecified atom stereocenters. The number of rotatable bonds is 8. The van der Waals surface area contributed by atoms with Crippen molar-refractivity contribution in [2.24, 2.45) is 4.99 Å². The Labute approximate surface area is 192 Å². The molecule has 0 radical (unpaired) electrons. The number of sulfonamides is 1. The third kappa shape index (κ3) is 8.77. The number of nitrogens with zero attached hydrogens (tertiary/aromatic N) is 2. The third-order valence-electron chi connectivity index (χ3n) is 4.94. The lowest BCUT2D eigenvalue weighted by Crippen LogP contribution is -2.38. The first-order chi connectivity index (χ1) is 13.4. The van der Waals surface area contributed by atoms with Crippen LogP contribution in [0, 0.1) is 0 Å². The maximum absolute atomic E-state index is 12.1. The van der Waals surface area contributed by atoms with Crippen LogP contribution in [0.5, 0.6) is 0 Å². The topological polar surface area (TPSA) is 83.0 Å². The number of hydrogen-bond acceptors (Lipinski definition) is 4. The van der Waals surface area contributed by atoms with E-state index in [-0.39, 0.29) is 24.0 Å². The van der Waals surface area contributed by atoms with Crippen molar-refractivity contribution in [2.75, 3.05) is 34.3 Å². The van der Waals surface area contributed by atoms with E-state index >= 15 is 0 Å². The molecular weight excluding hydrogens is 503 g/mol. The number of guanidine groups is 1. The molecule has 0 saturated heterocycles. The Morgan fingerprint density at radius 1 is 1.10 bits per heavy atom. The van der Waals surface area contributed by atoms with Gasteiger partial charge in [-0.3, -0.25) is 4.99 Å². The fraction of sp³-hybridized carbons (Fsp3) is 0.650. The Balaban J connectivity index is 0.00000420. The van der Waals surface area contributed by atoms with Crippen molar-refractivity contribution < 1.29 is 13.2 Å². The summed E-state index contributed by atoms with van der Waals surface area (Å²) in [6, 6.07) is 6.88. The van der Waals surface area contributed by atoms with Crippen LogP contribution in [0.15, 0.2) is 34.2 Å². The van der Waals surface area contributed by atoms with Crippen LogP contribution in [0.1, 0.15) is 44.1 Å². The lowest BCUT2D eigenvalue weighted by atomic mass is 10.1. The van der Waals surface area contributed by atoms with Crippen molar-refractivity contribution >= 4 is 40.0 Å². The second-order valence-corrected chi connectivity index (χ2v) is 9.42. The van der Waals surface area contributed by atoms with Gasteiger partial charge in [0, 0.05) is 34.2 Å². The zero-order valence-electron chi connectivity index (χ0n) is 17.7. The SMILES string of the molecule is CN=C(NCCOC1CCCCCC1)NCc1ccc(S(=O)(=O)N(C)C)cc1.I. The molecule has 1 aromatic rings. The van der Waals surface area contributed by atoms with E-state index in [2.05, 4.69) is 15.6 Å². The largest absolute Gasteiger partial charge is 0.376 e. The van der Waals surface area contributed by atoms with Crippen molar-refractivity contribution in [1.82, 2.24) is 14.9 Å².